The zero-order valence-electron chi connectivity index (χ0n) is 15.8. The second-order valence-corrected chi connectivity index (χ2v) is 7.26. The van der Waals surface area contributed by atoms with Crippen LogP contribution in [0, 0.1) is 0 Å². The summed E-state index contributed by atoms with van der Waals surface area (Å²) in [5.74, 6) is 1.14. The number of benzene rings is 2. The summed E-state index contributed by atoms with van der Waals surface area (Å²) in [5.41, 5.74) is 1.99. The monoisotopic (exact) mass is 436 g/mol. The maximum Gasteiger partial charge on any atom is 0.422 e. The van der Waals surface area contributed by atoms with E-state index in [1.165, 1.54) is 11.8 Å². The van der Waals surface area contributed by atoms with Crippen LogP contribution in [0.5, 0.6) is 0 Å². The Balaban J connectivity index is 1.64. The number of halogens is 3. The Morgan fingerprint density at radius 2 is 1.70 bits per heavy atom. The van der Waals surface area contributed by atoms with Crippen molar-refractivity contribution >= 4 is 17.9 Å². The van der Waals surface area contributed by atoms with Gasteiger partial charge in [0.2, 0.25) is 0 Å². The second-order valence-electron chi connectivity index (χ2n) is 6.20. The van der Waals surface area contributed by atoms with E-state index >= 15 is 0 Å². The molecule has 1 N–H and O–H groups in total. The number of nitrogens with zero attached hydrogens (tertiary/aromatic N) is 3. The minimum Gasteiger partial charge on any atom is -0.440 e. The number of para-hydroxylation sites is 1. The molecular weight excluding hydrogens is 417 g/mol. The van der Waals surface area contributed by atoms with Crippen LogP contribution in [0.15, 0.2) is 65.8 Å². The van der Waals surface area contributed by atoms with E-state index in [9.17, 15) is 18.0 Å². The number of carbonyl (C=O) groups is 1. The molecule has 0 bridgehead atoms. The molecule has 0 spiro atoms. The van der Waals surface area contributed by atoms with E-state index in [4.69, 9.17) is 0 Å². The van der Waals surface area contributed by atoms with E-state index in [0.29, 0.717) is 17.3 Å². The molecule has 2 aromatic carbocycles. The number of hydrogen-bond donors (Lipinski definition) is 1. The molecule has 0 radical (unpaired) electrons. The Labute approximate surface area is 175 Å². The smallest absolute Gasteiger partial charge is 0.422 e. The van der Waals surface area contributed by atoms with Crippen molar-refractivity contribution in [3.05, 3.63) is 72.1 Å². The Bertz CT molecular complexity index is 950. The van der Waals surface area contributed by atoms with Crippen LogP contribution >= 0.6 is 11.8 Å². The zero-order valence-corrected chi connectivity index (χ0v) is 16.6. The largest absolute Gasteiger partial charge is 0.440 e. The number of rotatable bonds is 8. The molecule has 1 heterocycles. The molecule has 10 heteroatoms. The van der Waals surface area contributed by atoms with E-state index < -0.39 is 18.9 Å². The van der Waals surface area contributed by atoms with Crippen LogP contribution in [0.1, 0.15) is 11.4 Å². The van der Waals surface area contributed by atoms with Gasteiger partial charge in [0.25, 0.3) is 0 Å². The average Bonchev–Trinajstić information content (AvgIpc) is 3.13. The highest BCUT2D eigenvalue weighted by Crippen LogP contribution is 2.23. The van der Waals surface area contributed by atoms with Crippen LogP contribution in [-0.4, -0.2) is 45.9 Å². The molecule has 3 rings (SSSR count). The fourth-order valence-corrected chi connectivity index (χ4v) is 3.44. The van der Waals surface area contributed by atoms with Gasteiger partial charge in [0, 0.05) is 24.4 Å². The van der Waals surface area contributed by atoms with Crippen LogP contribution in [0.3, 0.4) is 0 Å². The van der Waals surface area contributed by atoms with Crippen molar-refractivity contribution in [2.45, 2.75) is 17.8 Å². The topological polar surface area (TPSA) is 69.0 Å². The fraction of sp³-hybridized carbons (Fsp3) is 0.250. The molecule has 0 aliphatic rings. The van der Waals surface area contributed by atoms with E-state index in [1.54, 1.807) is 0 Å². The van der Waals surface area contributed by atoms with Gasteiger partial charge in [0.1, 0.15) is 5.82 Å². The molecule has 0 saturated heterocycles. The quantitative estimate of drug-likeness (QED) is 0.423. The Morgan fingerprint density at radius 1 is 1.03 bits per heavy atom. The van der Waals surface area contributed by atoms with Crippen molar-refractivity contribution in [3.63, 3.8) is 0 Å². The summed E-state index contributed by atoms with van der Waals surface area (Å²) in [6.07, 6.45) is -5.07. The lowest BCUT2D eigenvalue weighted by molar-refractivity contribution is -0.160. The molecule has 30 heavy (non-hydrogen) atoms. The van der Waals surface area contributed by atoms with Gasteiger partial charge in [-0.15, -0.1) is 10.2 Å². The maximum atomic E-state index is 12.1. The molecule has 0 aliphatic carbocycles. The van der Waals surface area contributed by atoms with Gasteiger partial charge in [-0.3, -0.25) is 4.57 Å². The number of hydrogen-bond acceptors (Lipinski definition) is 5. The van der Waals surface area contributed by atoms with Gasteiger partial charge in [-0.2, -0.15) is 13.2 Å². The lowest BCUT2D eigenvalue weighted by atomic mass is 10.1. The molecule has 0 fully saturated rings. The third kappa shape index (κ3) is 6.51. The molecule has 3 aromatic rings. The molecule has 0 aliphatic heterocycles. The number of aromatic nitrogens is 3. The first-order valence-corrected chi connectivity index (χ1v) is 10.0. The standard InChI is InChI=1S/C20H19F3N4O2S/c21-20(22,23)14-29-19(28)24-11-12-30-18-26-25-17(13-15-7-3-1-4-8-15)27(18)16-9-5-2-6-10-16/h1-10H,11-14H2,(H,24,28). The molecule has 6 nitrogen and oxygen atoms in total. The minimum atomic E-state index is -4.55. The zero-order chi connectivity index (χ0) is 21.4. The highest BCUT2D eigenvalue weighted by atomic mass is 32.2. The first-order chi connectivity index (χ1) is 14.4. The number of nitrogens with one attached hydrogen (secondary N) is 1. The van der Waals surface area contributed by atoms with Crippen molar-refractivity contribution in [3.8, 4) is 5.69 Å². The number of ether oxygens (including phenoxy) is 1. The molecule has 158 valence electrons. The van der Waals surface area contributed by atoms with Crippen LogP contribution < -0.4 is 5.32 Å². The summed E-state index contributed by atoms with van der Waals surface area (Å²) >= 11 is 1.34. The van der Waals surface area contributed by atoms with Crippen molar-refractivity contribution in [1.29, 1.82) is 0 Å². The third-order valence-electron chi connectivity index (χ3n) is 3.89. The average molecular weight is 436 g/mol. The predicted molar refractivity (Wildman–Crippen MR) is 107 cm³/mol. The van der Waals surface area contributed by atoms with Gasteiger partial charge in [0.05, 0.1) is 0 Å². The molecule has 1 amide bonds. The summed E-state index contributed by atoms with van der Waals surface area (Å²) in [5, 5.41) is 11.5. The van der Waals surface area contributed by atoms with Crippen molar-refractivity contribution in [1.82, 2.24) is 20.1 Å². The summed E-state index contributed by atoms with van der Waals surface area (Å²) in [6.45, 7) is -1.49. The van der Waals surface area contributed by atoms with E-state index in [2.05, 4.69) is 20.3 Å². The van der Waals surface area contributed by atoms with Gasteiger partial charge in [-0.05, 0) is 17.7 Å². The van der Waals surface area contributed by atoms with Crippen molar-refractivity contribution in [2.75, 3.05) is 18.9 Å². The Kier molecular flexibility index (Phi) is 7.34. The molecular formula is C20H19F3N4O2S. The van der Waals surface area contributed by atoms with Crippen LogP contribution in [-0.2, 0) is 11.2 Å². The predicted octanol–water partition coefficient (Wildman–Crippen LogP) is 4.24. The lowest BCUT2D eigenvalue weighted by Gasteiger charge is -2.11. The molecule has 0 saturated carbocycles. The fourth-order valence-electron chi connectivity index (χ4n) is 2.62. The van der Waals surface area contributed by atoms with Gasteiger partial charge in [-0.25, -0.2) is 4.79 Å². The van der Waals surface area contributed by atoms with E-state index in [0.717, 1.165) is 17.1 Å². The van der Waals surface area contributed by atoms with Crippen LogP contribution in [0.4, 0.5) is 18.0 Å². The Hall–Kier alpha value is -3.01. The SMILES string of the molecule is O=C(NCCSc1nnc(Cc2ccccc2)n1-c1ccccc1)OCC(F)(F)F. The summed E-state index contributed by atoms with van der Waals surface area (Å²) in [4.78, 5) is 11.3. The van der Waals surface area contributed by atoms with Crippen LogP contribution in [0.25, 0.3) is 5.69 Å². The summed E-state index contributed by atoms with van der Waals surface area (Å²) < 4.78 is 42.2. The van der Waals surface area contributed by atoms with Gasteiger partial charge in [-0.1, -0.05) is 60.3 Å². The van der Waals surface area contributed by atoms with E-state index in [-0.39, 0.29) is 6.54 Å². The number of carbonyl (C=O) groups excluding carboxylic acids is 1. The summed E-state index contributed by atoms with van der Waals surface area (Å²) in [7, 11) is 0. The molecule has 1 aromatic heterocycles. The first-order valence-electron chi connectivity index (χ1n) is 9.06. The van der Waals surface area contributed by atoms with Gasteiger partial charge in [0.15, 0.2) is 11.8 Å². The highest BCUT2D eigenvalue weighted by molar-refractivity contribution is 7.99. The second kappa shape index (κ2) is 10.1. The van der Waals surface area contributed by atoms with Crippen LogP contribution in [0.2, 0.25) is 0 Å². The number of alkyl halides is 3. The highest BCUT2D eigenvalue weighted by Gasteiger charge is 2.29. The normalized spacial score (nSPS) is 11.3. The summed E-state index contributed by atoms with van der Waals surface area (Å²) in [6, 6.07) is 19.5. The lowest BCUT2D eigenvalue weighted by Crippen LogP contribution is -2.30. The molecule has 0 unspecified atom stereocenters. The first kappa shape index (κ1) is 21.7. The van der Waals surface area contributed by atoms with Crippen molar-refractivity contribution in [2.24, 2.45) is 0 Å². The third-order valence-corrected chi connectivity index (χ3v) is 4.82. The van der Waals surface area contributed by atoms with Gasteiger partial charge >= 0.3 is 12.3 Å². The number of alkyl carbamates (subject to hydrolysis) is 1. The maximum absolute atomic E-state index is 12.1. The molecule has 0 atom stereocenters. The van der Waals surface area contributed by atoms with Gasteiger partial charge < -0.3 is 10.1 Å². The minimum absolute atomic E-state index is 0.122. The Morgan fingerprint density at radius 3 is 2.37 bits per heavy atom. The number of amides is 1. The van der Waals surface area contributed by atoms with Crippen molar-refractivity contribution < 1.29 is 22.7 Å². The number of thioether (sulfide) groups is 1. The van der Waals surface area contributed by atoms with E-state index in [1.807, 2.05) is 65.2 Å².